The van der Waals surface area contributed by atoms with Crippen LogP contribution in [0, 0.1) is 0 Å². The lowest BCUT2D eigenvalue weighted by molar-refractivity contribution is 0.251. The lowest BCUT2D eigenvalue weighted by Crippen LogP contribution is -2.29. The molecule has 2 amide bonds. The molecule has 1 aliphatic heterocycles. The van der Waals surface area contributed by atoms with Gasteiger partial charge in [0.15, 0.2) is 0 Å². The number of halogens is 1. The van der Waals surface area contributed by atoms with Crippen LogP contribution in [0.5, 0.6) is 0 Å². The predicted molar refractivity (Wildman–Crippen MR) is 70.1 cm³/mol. The van der Waals surface area contributed by atoms with E-state index in [4.69, 9.17) is 11.6 Å². The summed E-state index contributed by atoms with van der Waals surface area (Å²) in [5.41, 5.74) is 1.58. The zero-order valence-electron chi connectivity index (χ0n) is 9.95. The molecule has 0 saturated heterocycles. The molecule has 0 aromatic heterocycles. The molecule has 3 nitrogen and oxygen atoms in total. The first-order valence-corrected chi connectivity index (χ1v) is 6.43. The van der Waals surface area contributed by atoms with Gasteiger partial charge in [0, 0.05) is 11.6 Å². The molecule has 0 N–H and O–H groups in total. The summed E-state index contributed by atoms with van der Waals surface area (Å²) in [6.07, 6.45) is 4.59. The van der Waals surface area contributed by atoms with Crippen molar-refractivity contribution in [1.82, 2.24) is 5.32 Å². The monoisotopic (exact) mass is 251 g/mol. The number of urea groups is 1. The molecule has 0 bridgehead atoms. The van der Waals surface area contributed by atoms with Gasteiger partial charge in [0.25, 0.3) is 0 Å². The molecule has 2 rings (SSSR count). The molecular weight excluding hydrogens is 236 g/mol. The van der Waals surface area contributed by atoms with Crippen LogP contribution in [-0.4, -0.2) is 12.6 Å². The molecule has 91 valence electrons. The highest BCUT2D eigenvalue weighted by molar-refractivity contribution is 6.31. The number of carbonyl (C=O) groups is 1. The van der Waals surface area contributed by atoms with Crippen LogP contribution in [0.2, 0.25) is 5.02 Å². The molecule has 1 aromatic rings. The number of anilines is 1. The summed E-state index contributed by atoms with van der Waals surface area (Å²) < 4.78 is 0. The number of hydrogen-bond acceptors (Lipinski definition) is 1. The van der Waals surface area contributed by atoms with Crippen LogP contribution in [0.15, 0.2) is 18.2 Å². The molecule has 1 heterocycles. The van der Waals surface area contributed by atoms with E-state index < -0.39 is 0 Å². The molecule has 0 fully saturated rings. The smallest absolute Gasteiger partial charge is 0.290 e. The number of nitrogens with zero attached hydrogens (tertiary/aromatic N) is 2. The fourth-order valence-electron chi connectivity index (χ4n) is 1.99. The Bertz CT molecular complexity index is 420. The minimum absolute atomic E-state index is 0.168. The third-order valence-corrected chi connectivity index (χ3v) is 3.15. The Morgan fingerprint density at radius 3 is 2.88 bits per heavy atom. The van der Waals surface area contributed by atoms with Crippen LogP contribution < -0.4 is 10.2 Å². The Labute approximate surface area is 107 Å². The first-order valence-electron chi connectivity index (χ1n) is 6.05. The maximum atomic E-state index is 11.7. The van der Waals surface area contributed by atoms with E-state index in [-0.39, 0.29) is 6.03 Å². The van der Waals surface area contributed by atoms with Crippen LogP contribution in [0.4, 0.5) is 16.2 Å². The van der Waals surface area contributed by atoms with Gasteiger partial charge in [0.05, 0.1) is 11.4 Å². The second-order valence-corrected chi connectivity index (χ2v) is 4.68. The normalized spacial score (nSPS) is 13.8. The topological polar surface area (TPSA) is 34.4 Å². The van der Waals surface area contributed by atoms with Crippen LogP contribution >= 0.6 is 11.6 Å². The highest BCUT2D eigenvalue weighted by Gasteiger charge is 2.28. The molecule has 0 unspecified atom stereocenters. The maximum absolute atomic E-state index is 11.7. The molecule has 0 saturated carbocycles. The number of benzene rings is 1. The lowest BCUT2D eigenvalue weighted by Gasteiger charge is -2.14. The van der Waals surface area contributed by atoms with Crippen molar-refractivity contribution >= 4 is 29.0 Å². The van der Waals surface area contributed by atoms with Crippen molar-refractivity contribution in [3.63, 3.8) is 0 Å². The molecule has 17 heavy (non-hydrogen) atoms. The first-order chi connectivity index (χ1) is 8.22. The zero-order valence-corrected chi connectivity index (χ0v) is 10.7. The van der Waals surface area contributed by atoms with E-state index in [0.717, 1.165) is 25.1 Å². The van der Waals surface area contributed by atoms with Crippen molar-refractivity contribution in [1.29, 1.82) is 0 Å². The van der Waals surface area contributed by atoms with Crippen LogP contribution in [0.25, 0.3) is 0 Å². The second kappa shape index (κ2) is 5.41. The second-order valence-electron chi connectivity index (χ2n) is 4.24. The Balaban J connectivity index is 2.02. The van der Waals surface area contributed by atoms with Crippen LogP contribution in [-0.2, 0) is 0 Å². The number of unbranched alkanes of at least 4 members (excludes halogenated alkanes) is 3. The highest BCUT2D eigenvalue weighted by atomic mass is 35.5. The summed E-state index contributed by atoms with van der Waals surface area (Å²) >= 11 is 5.87. The van der Waals surface area contributed by atoms with E-state index in [0.29, 0.717) is 10.7 Å². The minimum atomic E-state index is -0.168. The summed E-state index contributed by atoms with van der Waals surface area (Å²) in [6, 6.07) is 5.24. The molecule has 0 spiro atoms. The predicted octanol–water partition coefficient (Wildman–Crippen LogP) is 4.10. The van der Waals surface area contributed by atoms with Gasteiger partial charge in [-0.3, -0.25) is 4.90 Å². The van der Waals surface area contributed by atoms with Crippen molar-refractivity contribution < 1.29 is 4.79 Å². The first kappa shape index (κ1) is 12.2. The Hall–Kier alpha value is -1.22. The van der Waals surface area contributed by atoms with Gasteiger partial charge in [0.2, 0.25) is 0 Å². The number of hydrogen-bond donors (Lipinski definition) is 0. The summed E-state index contributed by atoms with van der Waals surface area (Å²) in [4.78, 5) is 13.5. The number of fused-ring (bicyclic) bond motifs is 1. The fourth-order valence-corrected chi connectivity index (χ4v) is 2.16. The standard InChI is InChI=1S/C13H16ClN2O/c1-2-3-4-5-8-16-12-7-6-10(14)9-11(12)15-13(16)17/h6-7,9H,2-5,8H2,1H3. The SMILES string of the molecule is CCCCCCN1C(=O)[N]c2cc(Cl)ccc21. The van der Waals surface area contributed by atoms with Gasteiger partial charge in [-0.1, -0.05) is 37.8 Å². The quantitative estimate of drug-likeness (QED) is 0.726. The van der Waals surface area contributed by atoms with E-state index in [2.05, 4.69) is 12.2 Å². The average molecular weight is 252 g/mol. The van der Waals surface area contributed by atoms with Gasteiger partial charge in [0.1, 0.15) is 0 Å². The van der Waals surface area contributed by atoms with E-state index in [9.17, 15) is 4.79 Å². The molecule has 0 aliphatic carbocycles. The van der Waals surface area contributed by atoms with Gasteiger partial charge in [-0.25, -0.2) is 4.79 Å². The zero-order chi connectivity index (χ0) is 12.3. The molecule has 1 aliphatic rings. The molecule has 0 atom stereocenters. The third kappa shape index (κ3) is 2.72. The van der Waals surface area contributed by atoms with Crippen molar-refractivity contribution in [2.24, 2.45) is 0 Å². The average Bonchev–Trinajstić information content (AvgIpc) is 2.60. The maximum Gasteiger partial charge on any atom is 0.348 e. The Morgan fingerprint density at radius 1 is 1.29 bits per heavy atom. The summed E-state index contributed by atoms with van der Waals surface area (Å²) in [6.45, 7) is 2.92. The van der Waals surface area contributed by atoms with Crippen LogP contribution in [0.1, 0.15) is 32.6 Å². The van der Waals surface area contributed by atoms with Crippen molar-refractivity contribution in [3.8, 4) is 0 Å². The third-order valence-electron chi connectivity index (χ3n) is 2.91. The number of carbonyl (C=O) groups excluding carboxylic acids is 1. The van der Waals surface area contributed by atoms with E-state index in [1.54, 1.807) is 17.0 Å². The van der Waals surface area contributed by atoms with Gasteiger partial charge in [-0.05, 0) is 24.6 Å². The van der Waals surface area contributed by atoms with Gasteiger partial charge in [-0.2, -0.15) is 5.32 Å². The van der Waals surface area contributed by atoms with Crippen molar-refractivity contribution in [2.75, 3.05) is 11.4 Å². The largest absolute Gasteiger partial charge is 0.348 e. The molecule has 1 aromatic carbocycles. The van der Waals surface area contributed by atoms with Crippen LogP contribution in [0.3, 0.4) is 0 Å². The summed E-state index contributed by atoms with van der Waals surface area (Å²) in [7, 11) is 0. The lowest BCUT2D eigenvalue weighted by atomic mass is 10.2. The van der Waals surface area contributed by atoms with E-state index >= 15 is 0 Å². The summed E-state index contributed by atoms with van der Waals surface area (Å²) in [5.74, 6) is 0. The molecule has 1 radical (unpaired) electrons. The van der Waals surface area contributed by atoms with Gasteiger partial charge >= 0.3 is 6.03 Å². The number of rotatable bonds is 5. The minimum Gasteiger partial charge on any atom is -0.290 e. The van der Waals surface area contributed by atoms with E-state index in [1.165, 1.54) is 12.8 Å². The Morgan fingerprint density at radius 2 is 2.12 bits per heavy atom. The Kier molecular flexibility index (Phi) is 3.89. The fraction of sp³-hybridized carbons (Fsp3) is 0.462. The van der Waals surface area contributed by atoms with Gasteiger partial charge < -0.3 is 0 Å². The molecular formula is C13H16ClN2O. The van der Waals surface area contributed by atoms with Crippen molar-refractivity contribution in [2.45, 2.75) is 32.6 Å². The highest BCUT2D eigenvalue weighted by Crippen LogP contribution is 2.34. The van der Waals surface area contributed by atoms with Gasteiger partial charge in [-0.15, -0.1) is 0 Å². The van der Waals surface area contributed by atoms with E-state index in [1.807, 2.05) is 6.07 Å². The van der Waals surface area contributed by atoms with Crippen molar-refractivity contribution in [3.05, 3.63) is 23.2 Å². The molecule has 4 heteroatoms. The summed E-state index contributed by atoms with van der Waals surface area (Å²) in [5, 5.41) is 4.61. The number of amides is 2.